The molecular formula is C79H87Cl2N11O24. The highest BCUT2D eigenvalue weighted by Crippen LogP contribution is 2.50. The van der Waals surface area contributed by atoms with Crippen LogP contribution in [0.1, 0.15) is 116 Å². The first-order chi connectivity index (χ1) is 55.0. The van der Waals surface area contributed by atoms with E-state index in [1.807, 2.05) is 13.8 Å². The van der Waals surface area contributed by atoms with Gasteiger partial charge in [-0.25, -0.2) is 0 Å². The summed E-state index contributed by atoms with van der Waals surface area (Å²) in [6.07, 6.45) is -10.6. The Kier molecular flexibility index (Phi) is 26.8. The number of hydrogen-bond acceptors (Lipinski definition) is 26. The number of aliphatic hydroxyl groups is 6. The van der Waals surface area contributed by atoms with Gasteiger partial charge >= 0.3 is 0 Å². The molecule has 13 rings (SSSR count). The molecule has 2 saturated heterocycles. The van der Waals surface area contributed by atoms with E-state index in [4.69, 9.17) is 69.5 Å². The number of benzene rings is 6. The lowest BCUT2D eigenvalue weighted by Gasteiger charge is -2.47. The van der Waals surface area contributed by atoms with Gasteiger partial charge in [-0.3, -0.25) is 43.2 Å². The molecule has 37 heteroatoms. The van der Waals surface area contributed by atoms with Gasteiger partial charge in [0.25, 0.3) is 0 Å². The van der Waals surface area contributed by atoms with Gasteiger partial charge < -0.3 is 134 Å². The fraction of sp³-hybridized carbons (Fsp3) is 0.380. The number of aromatic hydroxyl groups is 3. The Balaban J connectivity index is 1.10. The lowest BCUT2D eigenvalue weighted by atomic mass is 9.86. The van der Waals surface area contributed by atoms with Crippen LogP contribution in [0.4, 0.5) is 0 Å². The van der Waals surface area contributed by atoms with Crippen LogP contribution in [0.25, 0.3) is 17.2 Å². The second-order valence-electron chi connectivity index (χ2n) is 29.1. The largest absolute Gasteiger partial charge is 0.508 e. The Morgan fingerprint density at radius 3 is 1.95 bits per heavy atom. The molecule has 6 aromatic carbocycles. The van der Waals surface area contributed by atoms with Crippen molar-refractivity contribution in [2.45, 2.75) is 156 Å². The van der Waals surface area contributed by atoms with Crippen LogP contribution in [-0.2, 0) is 57.4 Å². The number of nitrogens with one attached hydrogen (secondary N) is 9. The molecule has 11 bridgehead atoms. The molecule has 22 N–H and O–H groups in total. The van der Waals surface area contributed by atoms with Crippen LogP contribution in [0.5, 0.6) is 46.0 Å². The first-order valence-corrected chi connectivity index (χ1v) is 37.3. The molecule has 0 aliphatic carbocycles. The van der Waals surface area contributed by atoms with Crippen LogP contribution in [0.15, 0.2) is 109 Å². The summed E-state index contributed by atoms with van der Waals surface area (Å²) in [6.45, 7) is 5.05. The summed E-state index contributed by atoms with van der Waals surface area (Å²) in [5.74, 6) is -13.3. The Hall–Kier alpha value is -11.2. The van der Waals surface area contributed by atoms with Crippen LogP contribution >= 0.6 is 23.2 Å². The van der Waals surface area contributed by atoms with Crippen molar-refractivity contribution in [1.29, 1.82) is 0 Å². The quantitative estimate of drug-likeness (QED) is 0.0323. The number of aliphatic hydroxyl groups excluding tert-OH is 6. The van der Waals surface area contributed by atoms with Gasteiger partial charge in [0.05, 0.1) is 41.3 Å². The van der Waals surface area contributed by atoms with Crippen LogP contribution in [0.3, 0.4) is 0 Å². The average molecular weight is 1650 g/mol. The second-order valence-corrected chi connectivity index (χ2v) is 29.9. The van der Waals surface area contributed by atoms with Gasteiger partial charge in [-0.2, -0.15) is 0 Å². The second kappa shape index (κ2) is 36.3. The molecule has 2 fully saturated rings. The van der Waals surface area contributed by atoms with Gasteiger partial charge in [0.1, 0.15) is 95.5 Å². The number of terminal acetylenes is 1. The third-order valence-corrected chi connectivity index (χ3v) is 20.6. The average Bonchev–Trinajstić information content (AvgIpc) is 0.762. The van der Waals surface area contributed by atoms with Crippen molar-refractivity contribution >= 4 is 82.4 Å². The number of likely N-dealkylation sites (N-methyl/N-ethyl adjacent to an activating group) is 1. The maximum atomic E-state index is 16.3. The minimum atomic E-state index is -2.37. The van der Waals surface area contributed by atoms with Crippen LogP contribution in [-0.4, -0.2) is 205 Å². The fourth-order valence-electron chi connectivity index (χ4n) is 13.9. The first kappa shape index (κ1) is 85.7. The Labute approximate surface area is 672 Å². The minimum Gasteiger partial charge on any atom is -0.508 e. The third-order valence-electron chi connectivity index (χ3n) is 20.0. The van der Waals surface area contributed by atoms with E-state index in [2.05, 4.69) is 53.8 Å². The molecule has 18 atom stereocenters. The number of primary amides is 1. The van der Waals surface area contributed by atoms with E-state index in [1.165, 1.54) is 45.2 Å². The summed E-state index contributed by atoms with van der Waals surface area (Å²) < 4.78 is 38.6. The van der Waals surface area contributed by atoms with Crippen molar-refractivity contribution in [1.82, 2.24) is 47.9 Å². The van der Waals surface area contributed by atoms with E-state index < -0.39 is 243 Å². The zero-order chi connectivity index (χ0) is 84.0. The van der Waals surface area contributed by atoms with Gasteiger partial charge in [0, 0.05) is 53.9 Å². The zero-order valence-electron chi connectivity index (χ0n) is 62.7. The molecule has 35 nitrogen and oxygen atoms in total. The molecular weight excluding hydrogens is 1560 g/mol. The molecule has 116 heavy (non-hydrogen) atoms. The molecule has 7 aliphatic heterocycles. The van der Waals surface area contributed by atoms with E-state index in [9.17, 15) is 69.9 Å². The third kappa shape index (κ3) is 19.3. The van der Waals surface area contributed by atoms with Gasteiger partial charge in [-0.1, -0.05) is 73.3 Å². The molecule has 3 unspecified atom stereocenters. The smallest absolute Gasteiger partial charge is 0.248 e. The highest BCUT2D eigenvalue weighted by Gasteiger charge is 2.52. The number of hydrogen-bond donors (Lipinski definition) is 20. The van der Waals surface area contributed by atoms with E-state index in [1.54, 1.807) is 24.3 Å². The van der Waals surface area contributed by atoms with Crippen molar-refractivity contribution in [2.75, 3.05) is 26.7 Å². The SMILES string of the molecule is C#Cc1ccc(/C=C/C(=O)NCCNC(=O)C2NC(=O)[C@H]3NC(=O)[C@H](NC(=O)C4NC(=O)[C@H](CC(N)=O)NC(=O)[C@H](NC(=O)[C@@H](CC(C)C)NC)[C@H](O)c5ccc(c(Cl)c5)Oc5cc4cc(c5O[C@@H]4O[C@H](CO)[C@@H](O)[C@H](O)[C@H]4OC4C[C@](C)(N)[C@H](O)[C@H](C)O4)Oc4ccc(cc4Cl)[C@H]3O)c3ccc(O)c(c3)-c3c(O)cc(O)cc32)cc1. The number of carbonyl (C=O) groups excluding carboxylic acids is 9. The van der Waals surface area contributed by atoms with E-state index in [-0.39, 0.29) is 59.3 Å². The van der Waals surface area contributed by atoms with Crippen LogP contribution in [0, 0.1) is 18.3 Å². The molecule has 7 heterocycles. The maximum Gasteiger partial charge on any atom is 0.248 e. The number of carbonyl (C=O) groups is 9. The molecule has 616 valence electrons. The normalized spacial score (nSPS) is 27.0. The lowest BCUT2D eigenvalue weighted by molar-refractivity contribution is -0.333. The summed E-state index contributed by atoms with van der Waals surface area (Å²) in [6, 6.07) is 6.42. The van der Waals surface area contributed by atoms with Gasteiger partial charge in [0.2, 0.25) is 65.2 Å². The topological polar surface area (TPSA) is 551 Å². The molecule has 9 amide bonds. The Bertz CT molecular complexity index is 4850. The number of amides is 9. The number of halogens is 2. The number of fused-ring (bicyclic) bond motifs is 15. The monoisotopic (exact) mass is 1640 g/mol. The minimum absolute atomic E-state index is 0.109. The van der Waals surface area contributed by atoms with Crippen molar-refractivity contribution in [3.63, 3.8) is 0 Å². The van der Waals surface area contributed by atoms with Gasteiger partial charge in [0.15, 0.2) is 23.9 Å². The van der Waals surface area contributed by atoms with E-state index in [0.29, 0.717) is 11.1 Å². The molecule has 0 saturated carbocycles. The van der Waals surface area contributed by atoms with Gasteiger partial charge in [-0.05, 0) is 139 Å². The standard InChI is InChI=1S/C79H87Cl2N11O24/c1-7-35-8-10-36(11-9-35)12-19-56(98)85-20-21-86-73(106)61-43-28-41(94)29-49(96)58(43)42-23-37(13-16-48(42)95)59-74(107)92-63(77(110)90-61)65(100)39-15-18-51(45(81)25-39)113-53-27-40-26-52(68(53)116-78-69(67(102)66(101)54(32-93)114-78)115-57-31-79(5,83)70(103)34(4)111-57)112-50-17-14-38(24-44(50)80)64(99)62(91-71(104)46(84-6)22-33(2)3)76(109)87-47(30-55(82)97)72(105)88-60(40)75(108)89-59/h1,8-19,23-29,33-34,46-47,54,57,59-67,69-70,78,84,93-96,99-103H,20-22,30-32,83H2,2-6H3,(H2,82,97)(H,85,98)(H,86,106)(H,87,109)(H,88,105)(H,89,108)(H,90,110)(H,91,104)(H,92,107)/b19-12+/t34-,46+,47-,54+,57?,59+,60?,61?,62+,63-,64+,65+,66+,67-,69+,70+,78-,79-/m0/s1. The summed E-state index contributed by atoms with van der Waals surface area (Å²) in [5, 5.41) is 127. The molecule has 0 radical (unpaired) electrons. The highest BCUT2D eigenvalue weighted by atomic mass is 35.5. The summed E-state index contributed by atoms with van der Waals surface area (Å²) >= 11 is 14.3. The predicted octanol–water partition coefficient (Wildman–Crippen LogP) is 0.949. The molecule has 7 aliphatic rings. The maximum absolute atomic E-state index is 16.3. The first-order valence-electron chi connectivity index (χ1n) is 36.6. The lowest BCUT2D eigenvalue weighted by Crippen LogP contribution is -2.64. The summed E-state index contributed by atoms with van der Waals surface area (Å²) in [4.78, 5) is 133. The van der Waals surface area contributed by atoms with Crippen molar-refractivity contribution in [2.24, 2.45) is 17.4 Å². The van der Waals surface area contributed by atoms with Crippen molar-refractivity contribution < 1.29 is 118 Å². The highest BCUT2D eigenvalue weighted by molar-refractivity contribution is 6.32. The number of nitrogens with two attached hydrogens (primary N) is 2. The number of rotatable bonds is 18. The summed E-state index contributed by atoms with van der Waals surface area (Å²) in [7, 11) is 1.47. The summed E-state index contributed by atoms with van der Waals surface area (Å²) in [5.41, 5.74) is 9.51. The zero-order valence-corrected chi connectivity index (χ0v) is 64.3. The number of phenolic OH excluding ortho intramolecular Hbond substituents is 3. The van der Waals surface area contributed by atoms with Crippen molar-refractivity contribution in [3.8, 4) is 69.5 Å². The molecule has 0 aromatic heterocycles. The predicted molar refractivity (Wildman–Crippen MR) is 411 cm³/mol. The van der Waals surface area contributed by atoms with Crippen LogP contribution < -0.4 is 73.5 Å². The van der Waals surface area contributed by atoms with Gasteiger partial charge in [-0.15, -0.1) is 6.42 Å². The number of phenols is 3. The number of ether oxygens (including phenoxy) is 6. The van der Waals surface area contributed by atoms with E-state index in [0.717, 1.165) is 66.7 Å². The molecule has 6 aromatic rings. The fourth-order valence-corrected chi connectivity index (χ4v) is 14.4. The van der Waals surface area contributed by atoms with E-state index >= 15 is 19.2 Å². The van der Waals surface area contributed by atoms with Crippen molar-refractivity contribution in [3.05, 3.63) is 158 Å². The Morgan fingerprint density at radius 2 is 1.34 bits per heavy atom. The molecule has 0 spiro atoms. The van der Waals surface area contributed by atoms with Crippen LogP contribution in [0.2, 0.25) is 10.0 Å². The Morgan fingerprint density at radius 1 is 0.716 bits per heavy atom.